The van der Waals surface area contributed by atoms with E-state index in [0.29, 0.717) is 0 Å². The molecule has 1 aliphatic heterocycles. The maximum absolute atomic E-state index is 13.1. The van der Waals surface area contributed by atoms with Crippen LogP contribution in [0.1, 0.15) is 12.0 Å². The third kappa shape index (κ3) is 3.14. The minimum Gasteiger partial charge on any atom is -0.386 e. The Morgan fingerprint density at radius 3 is 3.24 bits per heavy atom. The maximum Gasteiger partial charge on any atom is 0.181 e. The van der Waals surface area contributed by atoms with Gasteiger partial charge in [0.1, 0.15) is 12.4 Å². The van der Waals surface area contributed by atoms with E-state index < -0.39 is 0 Å². The molecule has 0 saturated heterocycles. The van der Waals surface area contributed by atoms with E-state index in [-0.39, 0.29) is 11.9 Å². The monoisotopic (exact) mass is 235 g/mol. The maximum atomic E-state index is 13.1. The Balaban J connectivity index is 1.91. The molecule has 3 nitrogen and oxygen atoms in total. The molecular formula is C13H16FN2O+. The summed E-state index contributed by atoms with van der Waals surface area (Å²) in [6, 6.07) is 6.44. The summed E-state index contributed by atoms with van der Waals surface area (Å²) in [6.07, 6.45) is 2.66. The van der Waals surface area contributed by atoms with Crippen LogP contribution in [0.2, 0.25) is 0 Å². The van der Waals surface area contributed by atoms with E-state index in [1.165, 1.54) is 12.1 Å². The second-order valence-electron chi connectivity index (χ2n) is 4.03. The van der Waals surface area contributed by atoms with Crippen molar-refractivity contribution in [3.8, 4) is 0 Å². The molecular weight excluding hydrogens is 219 g/mol. The predicted octanol–water partition coefficient (Wildman–Crippen LogP) is 1.07. The normalized spacial score (nSPS) is 18.6. The molecule has 90 valence electrons. The SMILES string of the molecule is C=CC[NH2+]C[C@H]1CC(c2cccc(F)c2)=NO1. The van der Waals surface area contributed by atoms with Gasteiger partial charge in [0, 0.05) is 12.0 Å². The lowest BCUT2D eigenvalue weighted by molar-refractivity contribution is -0.652. The number of quaternary nitrogens is 1. The van der Waals surface area contributed by atoms with Gasteiger partial charge in [-0.25, -0.2) is 4.39 Å². The van der Waals surface area contributed by atoms with Crippen molar-refractivity contribution in [2.75, 3.05) is 13.1 Å². The number of hydrogen-bond acceptors (Lipinski definition) is 2. The standard InChI is InChI=1S/C13H15FN2O/c1-2-6-15-9-12-8-13(16-17-12)10-4-3-5-11(14)7-10/h2-5,7,12,15H,1,6,8-9H2/p+1/t12-/m1/s1. The first-order chi connectivity index (χ1) is 8.29. The number of oxime groups is 1. The van der Waals surface area contributed by atoms with Gasteiger partial charge in [0.05, 0.1) is 12.3 Å². The fraction of sp³-hybridized carbons (Fsp3) is 0.308. The molecule has 1 heterocycles. The van der Waals surface area contributed by atoms with Crippen molar-refractivity contribution in [3.05, 3.63) is 48.3 Å². The van der Waals surface area contributed by atoms with Crippen LogP contribution in [-0.4, -0.2) is 24.9 Å². The Hall–Kier alpha value is -1.68. The first-order valence-electron chi connectivity index (χ1n) is 5.71. The van der Waals surface area contributed by atoms with Crippen LogP contribution < -0.4 is 5.32 Å². The van der Waals surface area contributed by atoms with Crippen LogP contribution in [0.3, 0.4) is 0 Å². The first kappa shape index (κ1) is 11.8. The van der Waals surface area contributed by atoms with Gasteiger partial charge in [0.2, 0.25) is 0 Å². The van der Waals surface area contributed by atoms with Crippen molar-refractivity contribution >= 4 is 5.71 Å². The van der Waals surface area contributed by atoms with E-state index in [0.717, 1.165) is 30.8 Å². The van der Waals surface area contributed by atoms with Crippen molar-refractivity contribution in [3.63, 3.8) is 0 Å². The summed E-state index contributed by atoms with van der Waals surface area (Å²) < 4.78 is 13.1. The van der Waals surface area contributed by atoms with Crippen LogP contribution in [0.5, 0.6) is 0 Å². The van der Waals surface area contributed by atoms with Gasteiger partial charge in [-0.05, 0) is 18.2 Å². The van der Waals surface area contributed by atoms with Crippen molar-refractivity contribution in [1.82, 2.24) is 0 Å². The quantitative estimate of drug-likeness (QED) is 0.601. The topological polar surface area (TPSA) is 38.2 Å². The average molecular weight is 235 g/mol. The van der Waals surface area contributed by atoms with E-state index in [1.807, 2.05) is 12.1 Å². The molecule has 0 bridgehead atoms. The van der Waals surface area contributed by atoms with E-state index in [2.05, 4.69) is 17.1 Å². The molecule has 0 amide bonds. The lowest BCUT2D eigenvalue weighted by Gasteiger charge is -2.05. The summed E-state index contributed by atoms with van der Waals surface area (Å²) in [6.45, 7) is 5.37. The zero-order chi connectivity index (χ0) is 12.1. The lowest BCUT2D eigenvalue weighted by Crippen LogP contribution is -2.86. The highest BCUT2D eigenvalue weighted by atomic mass is 19.1. The Bertz CT molecular complexity index is 431. The van der Waals surface area contributed by atoms with Gasteiger partial charge in [-0.1, -0.05) is 23.9 Å². The Morgan fingerprint density at radius 2 is 2.47 bits per heavy atom. The molecule has 0 saturated carbocycles. The van der Waals surface area contributed by atoms with Crippen molar-refractivity contribution < 1.29 is 14.5 Å². The summed E-state index contributed by atoms with van der Waals surface area (Å²) in [5.41, 5.74) is 1.62. The van der Waals surface area contributed by atoms with Gasteiger partial charge < -0.3 is 10.2 Å². The third-order valence-corrected chi connectivity index (χ3v) is 2.65. The second kappa shape index (κ2) is 5.59. The molecule has 1 aromatic carbocycles. The summed E-state index contributed by atoms with van der Waals surface area (Å²) >= 11 is 0. The number of rotatable bonds is 5. The molecule has 1 atom stereocenters. The molecule has 2 N–H and O–H groups in total. The molecule has 0 fully saturated rings. The van der Waals surface area contributed by atoms with Crippen LogP contribution in [0, 0.1) is 5.82 Å². The molecule has 1 aliphatic rings. The summed E-state index contributed by atoms with van der Waals surface area (Å²) in [4.78, 5) is 5.31. The molecule has 17 heavy (non-hydrogen) atoms. The Labute approximate surface area is 100.0 Å². The zero-order valence-corrected chi connectivity index (χ0v) is 9.60. The number of benzene rings is 1. The Kier molecular flexibility index (Phi) is 3.88. The molecule has 4 heteroatoms. The number of nitrogens with zero attached hydrogens (tertiary/aromatic N) is 1. The second-order valence-corrected chi connectivity index (χ2v) is 4.03. The predicted molar refractivity (Wildman–Crippen MR) is 64.3 cm³/mol. The number of halogens is 1. The fourth-order valence-corrected chi connectivity index (χ4v) is 1.79. The summed E-state index contributed by atoms with van der Waals surface area (Å²) in [5, 5.41) is 6.12. The van der Waals surface area contributed by atoms with Crippen molar-refractivity contribution in [2.45, 2.75) is 12.5 Å². The van der Waals surface area contributed by atoms with Crippen molar-refractivity contribution in [1.29, 1.82) is 0 Å². The summed E-state index contributed by atoms with van der Waals surface area (Å²) in [5.74, 6) is -0.244. The molecule has 0 unspecified atom stereocenters. The van der Waals surface area contributed by atoms with Crippen LogP contribution >= 0.6 is 0 Å². The molecule has 2 rings (SSSR count). The first-order valence-corrected chi connectivity index (χ1v) is 5.71. The molecule has 1 aromatic rings. The van der Waals surface area contributed by atoms with Gasteiger partial charge in [-0.15, -0.1) is 0 Å². The minimum atomic E-state index is -0.244. The van der Waals surface area contributed by atoms with Crippen molar-refractivity contribution in [2.24, 2.45) is 5.16 Å². The third-order valence-electron chi connectivity index (χ3n) is 2.65. The van der Waals surface area contributed by atoms with Crippen LogP contribution in [0.4, 0.5) is 4.39 Å². The Morgan fingerprint density at radius 1 is 1.59 bits per heavy atom. The highest BCUT2D eigenvalue weighted by molar-refractivity contribution is 6.01. The van der Waals surface area contributed by atoms with Crippen LogP contribution in [0.15, 0.2) is 42.1 Å². The highest BCUT2D eigenvalue weighted by Crippen LogP contribution is 2.16. The number of hydrogen-bond donors (Lipinski definition) is 1. The largest absolute Gasteiger partial charge is 0.386 e. The van der Waals surface area contributed by atoms with Gasteiger partial charge in [0.15, 0.2) is 6.10 Å². The smallest absolute Gasteiger partial charge is 0.181 e. The lowest BCUT2D eigenvalue weighted by atomic mass is 10.1. The highest BCUT2D eigenvalue weighted by Gasteiger charge is 2.23. The van der Waals surface area contributed by atoms with Gasteiger partial charge >= 0.3 is 0 Å². The molecule has 0 radical (unpaired) electrons. The van der Waals surface area contributed by atoms with Crippen LogP contribution in [-0.2, 0) is 4.84 Å². The van der Waals surface area contributed by atoms with E-state index in [9.17, 15) is 4.39 Å². The molecule has 0 aliphatic carbocycles. The van der Waals surface area contributed by atoms with Gasteiger partial charge in [-0.2, -0.15) is 0 Å². The van der Waals surface area contributed by atoms with E-state index in [1.54, 1.807) is 6.07 Å². The van der Waals surface area contributed by atoms with Gasteiger partial charge in [0.25, 0.3) is 0 Å². The average Bonchev–Trinajstić information content (AvgIpc) is 2.78. The van der Waals surface area contributed by atoms with Gasteiger partial charge in [-0.3, -0.25) is 0 Å². The minimum absolute atomic E-state index is 0.0771. The molecule has 0 aromatic heterocycles. The van der Waals surface area contributed by atoms with Crippen LogP contribution in [0.25, 0.3) is 0 Å². The van der Waals surface area contributed by atoms with E-state index in [4.69, 9.17) is 4.84 Å². The summed E-state index contributed by atoms with van der Waals surface area (Å²) in [7, 11) is 0. The zero-order valence-electron chi connectivity index (χ0n) is 9.60. The molecule has 0 spiro atoms. The van der Waals surface area contributed by atoms with E-state index >= 15 is 0 Å². The number of nitrogens with two attached hydrogens (primary N) is 1. The fourth-order valence-electron chi connectivity index (χ4n) is 1.79.